The van der Waals surface area contributed by atoms with E-state index in [1.165, 1.54) is 12.0 Å². The van der Waals surface area contributed by atoms with Crippen molar-refractivity contribution in [3.05, 3.63) is 35.4 Å². The molecule has 0 aromatic heterocycles. The van der Waals surface area contributed by atoms with Crippen molar-refractivity contribution in [3.63, 3.8) is 0 Å². The Kier molecular flexibility index (Phi) is 8.98. The van der Waals surface area contributed by atoms with Crippen LogP contribution in [0, 0.1) is 29.1 Å². The molecule has 5 rings (SSSR count). The van der Waals surface area contributed by atoms with Gasteiger partial charge in [0.05, 0.1) is 19.3 Å². The van der Waals surface area contributed by atoms with Crippen molar-refractivity contribution in [2.45, 2.75) is 77.9 Å². The molecular weight excluding hydrogens is 468 g/mol. The van der Waals surface area contributed by atoms with Gasteiger partial charge in [-0.3, -0.25) is 9.63 Å². The second-order valence-electron chi connectivity index (χ2n) is 12.5. The van der Waals surface area contributed by atoms with Gasteiger partial charge in [0, 0.05) is 31.6 Å². The monoisotopic (exact) mass is 516 g/mol. The van der Waals surface area contributed by atoms with Crippen molar-refractivity contribution in [2.24, 2.45) is 29.1 Å². The van der Waals surface area contributed by atoms with E-state index < -0.39 is 24.2 Å². The Labute approximate surface area is 222 Å². The number of aliphatic hydroxyl groups is 2. The summed E-state index contributed by atoms with van der Waals surface area (Å²) in [6.45, 7) is 11.5. The molecule has 1 aromatic rings. The molecule has 0 spiro atoms. The fourth-order valence-electron chi connectivity index (χ4n) is 7.04. The average molecular weight is 517 g/mol. The lowest BCUT2D eigenvalue weighted by Gasteiger charge is -2.62. The van der Waals surface area contributed by atoms with Gasteiger partial charge in [-0.05, 0) is 68.2 Å². The summed E-state index contributed by atoms with van der Waals surface area (Å²) >= 11 is 0. The molecule has 3 saturated carbocycles. The van der Waals surface area contributed by atoms with Crippen LogP contribution in [0.3, 0.4) is 0 Å². The number of carbonyl (C=O) groups is 1. The van der Waals surface area contributed by atoms with Crippen molar-refractivity contribution in [1.82, 2.24) is 20.6 Å². The zero-order chi connectivity index (χ0) is 26.9. The average Bonchev–Trinajstić information content (AvgIpc) is 3.21. The van der Waals surface area contributed by atoms with E-state index in [2.05, 4.69) is 62.5 Å². The molecule has 8 nitrogen and oxygen atoms in total. The van der Waals surface area contributed by atoms with Gasteiger partial charge in [0.1, 0.15) is 12.1 Å². The van der Waals surface area contributed by atoms with Gasteiger partial charge >= 0.3 is 0 Å². The molecule has 8 heteroatoms. The minimum absolute atomic E-state index is 0.112. The maximum absolute atomic E-state index is 13.8. The molecular formula is C29H48N4O4. The van der Waals surface area contributed by atoms with Gasteiger partial charge in [-0.2, -0.15) is 5.06 Å². The fourth-order valence-corrected chi connectivity index (χ4v) is 7.04. The number of amides is 1. The van der Waals surface area contributed by atoms with Gasteiger partial charge in [0.2, 0.25) is 5.91 Å². The molecule has 3 aliphatic carbocycles. The van der Waals surface area contributed by atoms with Crippen LogP contribution in [0.2, 0.25) is 0 Å². The van der Waals surface area contributed by atoms with Crippen molar-refractivity contribution in [3.8, 4) is 0 Å². The van der Waals surface area contributed by atoms with E-state index in [1.54, 1.807) is 12.0 Å². The molecule has 1 aliphatic heterocycles. The Morgan fingerprint density at radius 3 is 2.62 bits per heavy atom. The van der Waals surface area contributed by atoms with Crippen LogP contribution in [-0.2, 0) is 22.7 Å². The second-order valence-corrected chi connectivity index (χ2v) is 12.5. The van der Waals surface area contributed by atoms with E-state index in [-0.39, 0.29) is 18.6 Å². The summed E-state index contributed by atoms with van der Waals surface area (Å²) in [5, 5.41) is 29.1. The van der Waals surface area contributed by atoms with E-state index in [0.29, 0.717) is 29.7 Å². The molecule has 0 radical (unpaired) electrons. The highest BCUT2D eigenvalue weighted by molar-refractivity contribution is 5.82. The number of rotatable bonds is 11. The molecule has 2 bridgehead atoms. The van der Waals surface area contributed by atoms with Gasteiger partial charge in [-0.1, -0.05) is 45.0 Å². The summed E-state index contributed by atoms with van der Waals surface area (Å²) < 4.78 is 0. The number of hydrogen-bond donors (Lipinski definition) is 4. The maximum atomic E-state index is 13.8. The summed E-state index contributed by atoms with van der Waals surface area (Å²) in [6, 6.07) is 7.74. The highest BCUT2D eigenvalue weighted by atomic mass is 16.7. The second kappa shape index (κ2) is 11.7. The Morgan fingerprint density at radius 2 is 2.00 bits per heavy atom. The molecule has 1 heterocycles. The third kappa shape index (κ3) is 6.05. The zero-order valence-corrected chi connectivity index (χ0v) is 23.5. The van der Waals surface area contributed by atoms with E-state index in [1.807, 2.05) is 12.1 Å². The molecule has 1 amide bonds. The lowest BCUT2D eigenvalue weighted by molar-refractivity contribution is -0.183. The molecule has 1 aromatic carbocycles. The SMILES string of the molecule is C[C@H](O)[C@@H]1[C@H](CO)ON(Cc2cccc(CNCCN(C)C)c2)[C@@H]1C(=O)NC1C[C@H]2C[C@@H]([C@@H]1C)C2(C)C. The third-order valence-corrected chi connectivity index (χ3v) is 9.46. The quantitative estimate of drug-likeness (QED) is 0.334. The molecule has 208 valence electrons. The Balaban J connectivity index is 1.46. The van der Waals surface area contributed by atoms with Gasteiger partial charge in [0.15, 0.2) is 0 Å². The lowest BCUT2D eigenvalue weighted by Crippen LogP contribution is -2.62. The van der Waals surface area contributed by atoms with Gasteiger partial charge in [-0.25, -0.2) is 0 Å². The van der Waals surface area contributed by atoms with Crippen LogP contribution in [0.15, 0.2) is 24.3 Å². The summed E-state index contributed by atoms with van der Waals surface area (Å²) in [5.74, 6) is 1.06. The van der Waals surface area contributed by atoms with E-state index in [0.717, 1.165) is 31.6 Å². The highest BCUT2D eigenvalue weighted by Gasteiger charge is 2.57. The Bertz CT molecular complexity index is 923. The predicted molar refractivity (Wildman–Crippen MR) is 144 cm³/mol. The summed E-state index contributed by atoms with van der Waals surface area (Å²) in [4.78, 5) is 22.0. The Morgan fingerprint density at radius 1 is 1.27 bits per heavy atom. The van der Waals surface area contributed by atoms with Crippen LogP contribution in [0.4, 0.5) is 0 Å². The summed E-state index contributed by atoms with van der Waals surface area (Å²) in [7, 11) is 4.12. The number of hydroxylamine groups is 2. The minimum Gasteiger partial charge on any atom is -0.394 e. The van der Waals surface area contributed by atoms with Gasteiger partial charge < -0.3 is 25.7 Å². The first-order valence-electron chi connectivity index (χ1n) is 14.0. The van der Waals surface area contributed by atoms with Crippen molar-refractivity contribution < 1.29 is 19.8 Å². The van der Waals surface area contributed by atoms with E-state index in [9.17, 15) is 15.0 Å². The first kappa shape index (κ1) is 28.5. The standard InChI is InChI=1S/C29H48N4O4/c1-18-23-13-22(29(23,3)4)14-24(18)31-28(36)27-26(19(2)35)25(17-34)37-33(27)16-21-9-7-8-20(12-21)15-30-10-11-32(5)6/h7-9,12,18-19,22-27,30,34-35H,10-11,13-17H2,1-6H3,(H,31,36)/t18-,19-,22+,23-,24?,25-,26+,27-/m0/s1. The summed E-state index contributed by atoms with van der Waals surface area (Å²) in [5.41, 5.74) is 2.54. The number of aliphatic hydroxyl groups excluding tert-OH is 2. The number of nitrogens with one attached hydrogen (secondary N) is 2. The maximum Gasteiger partial charge on any atom is 0.240 e. The molecule has 4 fully saturated rings. The number of benzene rings is 1. The topological polar surface area (TPSA) is 97.3 Å². The fraction of sp³-hybridized carbons (Fsp3) is 0.759. The van der Waals surface area contributed by atoms with Crippen molar-refractivity contribution in [1.29, 1.82) is 0 Å². The normalized spacial score (nSPS) is 33.8. The number of carbonyl (C=O) groups excluding carboxylic acids is 1. The molecule has 8 atom stereocenters. The van der Waals surface area contributed by atoms with Crippen LogP contribution in [0.1, 0.15) is 51.7 Å². The first-order valence-corrected chi connectivity index (χ1v) is 14.0. The van der Waals surface area contributed by atoms with Crippen LogP contribution in [0.5, 0.6) is 0 Å². The van der Waals surface area contributed by atoms with Crippen LogP contribution in [0.25, 0.3) is 0 Å². The van der Waals surface area contributed by atoms with Crippen molar-refractivity contribution >= 4 is 5.91 Å². The molecule has 37 heavy (non-hydrogen) atoms. The number of fused-ring (bicyclic) bond motifs is 2. The minimum atomic E-state index is -0.791. The van der Waals surface area contributed by atoms with Gasteiger partial charge in [0.25, 0.3) is 0 Å². The smallest absolute Gasteiger partial charge is 0.240 e. The number of likely N-dealkylation sites (N-methyl/N-ethyl adjacent to an activating group) is 1. The number of hydrogen-bond acceptors (Lipinski definition) is 7. The molecule has 1 saturated heterocycles. The summed E-state index contributed by atoms with van der Waals surface area (Å²) in [6.07, 6.45) is 0.835. The lowest BCUT2D eigenvalue weighted by atomic mass is 9.45. The van der Waals surface area contributed by atoms with Crippen LogP contribution < -0.4 is 10.6 Å². The molecule has 4 aliphatic rings. The van der Waals surface area contributed by atoms with Crippen LogP contribution >= 0.6 is 0 Å². The predicted octanol–water partition coefficient (Wildman–Crippen LogP) is 2.00. The van der Waals surface area contributed by atoms with Gasteiger partial charge in [-0.15, -0.1) is 0 Å². The largest absolute Gasteiger partial charge is 0.394 e. The third-order valence-electron chi connectivity index (χ3n) is 9.46. The molecule has 4 N–H and O–H groups in total. The van der Waals surface area contributed by atoms with Crippen molar-refractivity contribution in [2.75, 3.05) is 33.8 Å². The first-order chi connectivity index (χ1) is 17.5. The number of nitrogens with zero attached hydrogens (tertiary/aromatic N) is 2. The zero-order valence-electron chi connectivity index (χ0n) is 23.5. The highest BCUT2D eigenvalue weighted by Crippen LogP contribution is 2.61. The van der Waals surface area contributed by atoms with Crippen LogP contribution in [-0.4, -0.2) is 84.2 Å². The Hall–Kier alpha value is -1.55. The van der Waals surface area contributed by atoms with E-state index in [4.69, 9.17) is 4.84 Å². The molecule has 1 unspecified atom stereocenters. The van der Waals surface area contributed by atoms with E-state index >= 15 is 0 Å².